The number of carbonyl (C=O) groups excluding carboxylic acids is 1. The van der Waals surface area contributed by atoms with Crippen LogP contribution in [0.2, 0.25) is 18.1 Å². The highest BCUT2D eigenvalue weighted by Gasteiger charge is 2.36. The molecule has 0 rings (SSSR count). The quantitative estimate of drug-likeness (QED) is 0.291. The largest absolute Gasteiger partial charge is 0.469 e. The SMILES string of the molecule is C=CC(CCCCO[Si](C)(C)C(C)(C)C)C(=O)OC. The first-order chi connectivity index (χ1) is 8.65. The van der Waals surface area contributed by atoms with Gasteiger partial charge in [0.15, 0.2) is 8.32 Å². The van der Waals surface area contributed by atoms with E-state index in [1.165, 1.54) is 7.11 Å². The highest BCUT2D eigenvalue weighted by Crippen LogP contribution is 2.36. The average Bonchev–Trinajstić information content (AvgIpc) is 2.31. The fourth-order valence-corrected chi connectivity index (χ4v) is 2.58. The summed E-state index contributed by atoms with van der Waals surface area (Å²) in [6, 6.07) is 0. The minimum atomic E-state index is -1.63. The van der Waals surface area contributed by atoms with Gasteiger partial charge in [0.05, 0.1) is 13.0 Å². The maximum atomic E-state index is 11.4. The molecule has 0 bridgehead atoms. The number of hydrogen-bond donors (Lipinski definition) is 0. The van der Waals surface area contributed by atoms with Crippen molar-refractivity contribution in [1.29, 1.82) is 0 Å². The summed E-state index contributed by atoms with van der Waals surface area (Å²) in [5, 5.41) is 0.253. The van der Waals surface area contributed by atoms with E-state index in [2.05, 4.69) is 40.4 Å². The third-order valence-electron chi connectivity index (χ3n) is 3.97. The molecule has 0 heterocycles. The van der Waals surface area contributed by atoms with Gasteiger partial charge < -0.3 is 9.16 Å². The van der Waals surface area contributed by atoms with Gasteiger partial charge in [-0.1, -0.05) is 33.3 Å². The number of carbonyl (C=O) groups is 1. The molecule has 0 amide bonds. The van der Waals surface area contributed by atoms with Gasteiger partial charge >= 0.3 is 5.97 Å². The second-order valence-corrected chi connectivity index (χ2v) is 11.3. The first-order valence-electron chi connectivity index (χ1n) is 7.00. The molecular formula is C15H30O3Si. The smallest absolute Gasteiger partial charge is 0.312 e. The molecule has 0 fully saturated rings. The van der Waals surface area contributed by atoms with Crippen molar-refractivity contribution in [3.05, 3.63) is 12.7 Å². The Balaban J connectivity index is 3.94. The van der Waals surface area contributed by atoms with Gasteiger partial charge in [-0.05, 0) is 31.0 Å². The second kappa shape index (κ2) is 7.85. The van der Waals surface area contributed by atoms with E-state index in [-0.39, 0.29) is 16.9 Å². The van der Waals surface area contributed by atoms with Crippen LogP contribution in [-0.4, -0.2) is 28.0 Å². The van der Waals surface area contributed by atoms with E-state index in [1.807, 2.05) is 0 Å². The monoisotopic (exact) mass is 286 g/mol. The normalized spacial score (nSPS) is 14.0. The van der Waals surface area contributed by atoms with Crippen molar-refractivity contribution < 1.29 is 14.0 Å². The van der Waals surface area contributed by atoms with Crippen molar-refractivity contribution in [3.63, 3.8) is 0 Å². The summed E-state index contributed by atoms with van der Waals surface area (Å²) >= 11 is 0. The number of methoxy groups -OCH3 is 1. The van der Waals surface area contributed by atoms with Crippen molar-refractivity contribution >= 4 is 14.3 Å². The molecule has 0 aliphatic heterocycles. The fraction of sp³-hybridized carbons (Fsp3) is 0.800. The molecule has 0 aromatic heterocycles. The second-order valence-electron chi connectivity index (χ2n) is 6.47. The van der Waals surface area contributed by atoms with Gasteiger partial charge in [0.25, 0.3) is 0 Å². The van der Waals surface area contributed by atoms with Gasteiger partial charge in [0, 0.05) is 6.61 Å². The summed E-state index contributed by atoms with van der Waals surface area (Å²) in [5.74, 6) is -0.377. The highest BCUT2D eigenvalue weighted by atomic mass is 28.4. The standard InChI is InChI=1S/C15H30O3Si/c1-8-13(14(16)17-5)11-9-10-12-18-19(6,7)15(2,3)4/h8,13H,1,9-12H2,2-7H3. The molecule has 0 aliphatic carbocycles. The lowest BCUT2D eigenvalue weighted by molar-refractivity contribution is -0.143. The zero-order valence-corrected chi connectivity index (χ0v) is 14.4. The molecule has 0 radical (unpaired) electrons. The van der Waals surface area contributed by atoms with Crippen LogP contribution in [0, 0.1) is 5.92 Å². The van der Waals surface area contributed by atoms with E-state index in [0.717, 1.165) is 25.9 Å². The molecule has 0 N–H and O–H groups in total. The van der Waals surface area contributed by atoms with Crippen LogP contribution in [0.1, 0.15) is 40.0 Å². The van der Waals surface area contributed by atoms with Crippen molar-refractivity contribution in [2.75, 3.05) is 13.7 Å². The van der Waals surface area contributed by atoms with Crippen LogP contribution in [0.4, 0.5) is 0 Å². The van der Waals surface area contributed by atoms with Crippen LogP contribution >= 0.6 is 0 Å². The van der Waals surface area contributed by atoms with Gasteiger partial charge in [-0.2, -0.15) is 0 Å². The summed E-state index contributed by atoms with van der Waals surface area (Å²) in [7, 11) is -0.215. The lowest BCUT2D eigenvalue weighted by Gasteiger charge is -2.36. The van der Waals surface area contributed by atoms with Gasteiger partial charge in [0.2, 0.25) is 0 Å². The molecule has 1 unspecified atom stereocenters. The molecule has 19 heavy (non-hydrogen) atoms. The minimum absolute atomic E-state index is 0.183. The average molecular weight is 286 g/mol. The Morgan fingerprint density at radius 3 is 2.32 bits per heavy atom. The Hall–Kier alpha value is -0.613. The molecule has 3 nitrogen and oxygen atoms in total. The summed E-state index contributed by atoms with van der Waals surface area (Å²) in [5.41, 5.74) is 0. The summed E-state index contributed by atoms with van der Waals surface area (Å²) < 4.78 is 10.8. The lowest BCUT2D eigenvalue weighted by atomic mass is 10.0. The number of esters is 1. The molecule has 4 heteroatoms. The summed E-state index contributed by atoms with van der Waals surface area (Å²) in [6.45, 7) is 15.7. The molecule has 1 atom stereocenters. The van der Waals surface area contributed by atoms with Gasteiger partial charge in [-0.25, -0.2) is 0 Å². The van der Waals surface area contributed by atoms with Crippen molar-refractivity contribution in [2.24, 2.45) is 5.92 Å². The van der Waals surface area contributed by atoms with E-state index in [0.29, 0.717) is 0 Å². The third kappa shape index (κ3) is 6.39. The molecule has 0 aromatic carbocycles. The summed E-state index contributed by atoms with van der Waals surface area (Å²) in [6.07, 6.45) is 4.39. The minimum Gasteiger partial charge on any atom is -0.469 e. The molecule has 0 saturated heterocycles. The molecular weight excluding hydrogens is 256 g/mol. The van der Waals surface area contributed by atoms with Crippen LogP contribution in [-0.2, 0) is 14.0 Å². The number of rotatable bonds is 8. The van der Waals surface area contributed by atoms with Crippen molar-refractivity contribution in [3.8, 4) is 0 Å². The van der Waals surface area contributed by atoms with Crippen molar-refractivity contribution in [1.82, 2.24) is 0 Å². The summed E-state index contributed by atoms with van der Waals surface area (Å²) in [4.78, 5) is 11.4. The van der Waals surface area contributed by atoms with Crippen LogP contribution in [0.15, 0.2) is 12.7 Å². The van der Waals surface area contributed by atoms with Crippen LogP contribution < -0.4 is 0 Å². The molecule has 0 saturated carbocycles. The number of ether oxygens (including phenoxy) is 1. The van der Waals surface area contributed by atoms with Crippen molar-refractivity contribution in [2.45, 2.75) is 58.2 Å². The Morgan fingerprint density at radius 2 is 1.89 bits per heavy atom. The van der Waals surface area contributed by atoms with E-state index >= 15 is 0 Å². The van der Waals surface area contributed by atoms with E-state index in [9.17, 15) is 4.79 Å². The van der Waals surface area contributed by atoms with Crippen LogP contribution in [0.25, 0.3) is 0 Å². The third-order valence-corrected chi connectivity index (χ3v) is 8.51. The Morgan fingerprint density at radius 1 is 1.32 bits per heavy atom. The molecule has 0 spiro atoms. The van der Waals surface area contributed by atoms with Gasteiger partial charge in [-0.3, -0.25) is 4.79 Å². The molecule has 0 aliphatic rings. The predicted octanol–water partition coefficient (Wildman–Crippen LogP) is 4.15. The van der Waals surface area contributed by atoms with E-state index in [1.54, 1.807) is 6.08 Å². The topological polar surface area (TPSA) is 35.5 Å². The zero-order chi connectivity index (χ0) is 15.1. The highest BCUT2D eigenvalue weighted by molar-refractivity contribution is 6.74. The van der Waals surface area contributed by atoms with Gasteiger partial charge in [0.1, 0.15) is 0 Å². The predicted molar refractivity (Wildman–Crippen MR) is 82.7 cm³/mol. The maximum Gasteiger partial charge on any atom is 0.312 e. The van der Waals surface area contributed by atoms with Crippen LogP contribution in [0.5, 0.6) is 0 Å². The zero-order valence-electron chi connectivity index (χ0n) is 13.4. The first-order valence-corrected chi connectivity index (χ1v) is 9.91. The van der Waals surface area contributed by atoms with Gasteiger partial charge in [-0.15, -0.1) is 6.58 Å². The Labute approximate surface area is 119 Å². The Bertz CT molecular complexity index is 292. The maximum absolute atomic E-state index is 11.4. The number of unbranched alkanes of at least 4 members (excludes halogenated alkanes) is 1. The van der Waals surface area contributed by atoms with Crippen LogP contribution in [0.3, 0.4) is 0 Å². The number of hydrogen-bond acceptors (Lipinski definition) is 3. The fourth-order valence-electron chi connectivity index (χ4n) is 1.49. The lowest BCUT2D eigenvalue weighted by Crippen LogP contribution is -2.40. The van der Waals surface area contributed by atoms with E-state index < -0.39 is 8.32 Å². The van der Waals surface area contributed by atoms with E-state index in [4.69, 9.17) is 9.16 Å². The molecule has 0 aromatic rings. The molecule has 112 valence electrons. The Kier molecular flexibility index (Phi) is 7.60. The first kappa shape index (κ1) is 18.4.